The fourth-order valence-electron chi connectivity index (χ4n) is 2.37. The Morgan fingerprint density at radius 1 is 1.10 bits per heavy atom. The van der Waals surface area contributed by atoms with Crippen LogP contribution in [0.25, 0.3) is 11.0 Å². The van der Waals surface area contributed by atoms with Crippen LogP contribution < -0.4 is 15.2 Å². The standard InChI is InChI=1S/C16H17N3O2/c1-20-13-5-3-11(16(8-13)21-2)9-19-10-18-14-7-12(17)4-6-15(14)19/h3-8,10H,9,17H2,1-2H3. The van der Waals surface area contributed by atoms with E-state index in [4.69, 9.17) is 15.2 Å². The van der Waals surface area contributed by atoms with E-state index >= 15 is 0 Å². The number of anilines is 1. The zero-order valence-corrected chi connectivity index (χ0v) is 12.0. The van der Waals surface area contributed by atoms with E-state index in [1.807, 2.05) is 42.7 Å². The van der Waals surface area contributed by atoms with Crippen LogP contribution in [0.4, 0.5) is 5.69 Å². The van der Waals surface area contributed by atoms with Gasteiger partial charge in [-0.3, -0.25) is 0 Å². The number of ether oxygens (including phenoxy) is 2. The van der Waals surface area contributed by atoms with Gasteiger partial charge < -0.3 is 19.8 Å². The molecule has 108 valence electrons. The number of nitrogen functional groups attached to an aromatic ring is 1. The molecular formula is C16H17N3O2. The molecule has 2 aromatic carbocycles. The predicted octanol–water partition coefficient (Wildman–Crippen LogP) is 2.68. The molecule has 2 N–H and O–H groups in total. The maximum absolute atomic E-state index is 5.78. The van der Waals surface area contributed by atoms with Gasteiger partial charge in [0.25, 0.3) is 0 Å². The Labute approximate surface area is 122 Å². The van der Waals surface area contributed by atoms with Gasteiger partial charge in [-0.2, -0.15) is 0 Å². The first-order valence-electron chi connectivity index (χ1n) is 6.62. The third-order valence-electron chi connectivity index (χ3n) is 3.48. The Bertz CT molecular complexity index is 780. The SMILES string of the molecule is COc1ccc(Cn2cnc3cc(N)ccc32)c(OC)c1. The van der Waals surface area contributed by atoms with E-state index in [9.17, 15) is 0 Å². The Balaban J connectivity index is 1.98. The van der Waals surface area contributed by atoms with Crippen molar-refractivity contribution in [3.63, 3.8) is 0 Å². The van der Waals surface area contributed by atoms with Gasteiger partial charge in [0.15, 0.2) is 0 Å². The van der Waals surface area contributed by atoms with E-state index in [1.165, 1.54) is 0 Å². The number of nitrogens with zero attached hydrogens (tertiary/aromatic N) is 2. The van der Waals surface area contributed by atoms with Crippen LogP contribution in [0.15, 0.2) is 42.7 Å². The van der Waals surface area contributed by atoms with Crippen molar-refractivity contribution in [2.24, 2.45) is 0 Å². The van der Waals surface area contributed by atoms with Crippen LogP contribution in [0.2, 0.25) is 0 Å². The second-order valence-corrected chi connectivity index (χ2v) is 4.80. The van der Waals surface area contributed by atoms with Crippen LogP contribution in [-0.4, -0.2) is 23.8 Å². The molecule has 21 heavy (non-hydrogen) atoms. The summed E-state index contributed by atoms with van der Waals surface area (Å²) in [6.07, 6.45) is 1.81. The lowest BCUT2D eigenvalue weighted by Crippen LogP contribution is -2.01. The first-order valence-corrected chi connectivity index (χ1v) is 6.62. The normalized spacial score (nSPS) is 10.8. The molecule has 0 saturated carbocycles. The highest BCUT2D eigenvalue weighted by molar-refractivity contribution is 5.79. The summed E-state index contributed by atoms with van der Waals surface area (Å²) in [5, 5.41) is 0. The van der Waals surface area contributed by atoms with E-state index in [-0.39, 0.29) is 0 Å². The number of aromatic nitrogens is 2. The number of benzene rings is 2. The summed E-state index contributed by atoms with van der Waals surface area (Å²) in [5.74, 6) is 1.57. The van der Waals surface area contributed by atoms with Crippen molar-refractivity contribution in [2.75, 3.05) is 20.0 Å². The Hall–Kier alpha value is -2.69. The zero-order valence-electron chi connectivity index (χ0n) is 12.0. The van der Waals surface area contributed by atoms with Crippen LogP contribution in [0, 0.1) is 0 Å². The summed E-state index contributed by atoms with van der Waals surface area (Å²) in [6.45, 7) is 0.674. The van der Waals surface area contributed by atoms with Gasteiger partial charge in [-0.15, -0.1) is 0 Å². The zero-order chi connectivity index (χ0) is 14.8. The molecule has 0 fully saturated rings. The van der Waals surface area contributed by atoms with Crippen molar-refractivity contribution in [3.05, 3.63) is 48.3 Å². The number of nitrogens with two attached hydrogens (primary N) is 1. The van der Waals surface area contributed by atoms with Gasteiger partial charge >= 0.3 is 0 Å². The lowest BCUT2D eigenvalue weighted by molar-refractivity contribution is 0.390. The van der Waals surface area contributed by atoms with E-state index in [1.54, 1.807) is 14.2 Å². The van der Waals surface area contributed by atoms with E-state index in [2.05, 4.69) is 9.55 Å². The van der Waals surface area contributed by atoms with Crippen molar-refractivity contribution in [2.45, 2.75) is 6.54 Å². The molecule has 0 radical (unpaired) electrons. The smallest absolute Gasteiger partial charge is 0.127 e. The molecule has 0 atom stereocenters. The third kappa shape index (κ3) is 2.50. The first kappa shape index (κ1) is 13.3. The highest BCUT2D eigenvalue weighted by Crippen LogP contribution is 2.26. The summed E-state index contributed by atoms with van der Waals surface area (Å²) >= 11 is 0. The van der Waals surface area contributed by atoms with Crippen molar-refractivity contribution >= 4 is 16.7 Å². The molecule has 0 aliphatic rings. The minimum atomic E-state index is 0.674. The van der Waals surface area contributed by atoms with Gasteiger partial charge in [-0.1, -0.05) is 0 Å². The molecule has 0 amide bonds. The molecule has 1 aromatic heterocycles. The molecule has 0 saturated heterocycles. The molecule has 0 spiro atoms. The second-order valence-electron chi connectivity index (χ2n) is 4.80. The van der Waals surface area contributed by atoms with Gasteiger partial charge in [0.2, 0.25) is 0 Å². The van der Waals surface area contributed by atoms with Gasteiger partial charge in [0.05, 0.1) is 38.1 Å². The first-order chi connectivity index (χ1) is 10.2. The van der Waals surface area contributed by atoms with Gasteiger partial charge in [-0.25, -0.2) is 4.98 Å². The fraction of sp³-hybridized carbons (Fsp3) is 0.188. The molecule has 0 aliphatic carbocycles. The van der Waals surface area contributed by atoms with Gasteiger partial charge in [0.1, 0.15) is 11.5 Å². The maximum Gasteiger partial charge on any atom is 0.127 e. The molecule has 5 heteroatoms. The minimum Gasteiger partial charge on any atom is -0.497 e. The number of hydrogen-bond acceptors (Lipinski definition) is 4. The topological polar surface area (TPSA) is 62.3 Å². The van der Waals surface area contributed by atoms with Crippen molar-refractivity contribution in [1.29, 1.82) is 0 Å². The molecule has 3 aromatic rings. The fourth-order valence-corrected chi connectivity index (χ4v) is 2.37. The monoisotopic (exact) mass is 283 g/mol. The number of methoxy groups -OCH3 is 2. The van der Waals surface area contributed by atoms with Crippen LogP contribution in [0.1, 0.15) is 5.56 Å². The van der Waals surface area contributed by atoms with Gasteiger partial charge in [0, 0.05) is 17.3 Å². The van der Waals surface area contributed by atoms with Crippen molar-refractivity contribution in [1.82, 2.24) is 9.55 Å². The van der Waals surface area contributed by atoms with Crippen molar-refractivity contribution < 1.29 is 9.47 Å². The lowest BCUT2D eigenvalue weighted by atomic mass is 10.2. The molecular weight excluding hydrogens is 266 g/mol. The number of rotatable bonds is 4. The molecule has 0 aliphatic heterocycles. The average Bonchev–Trinajstić information content (AvgIpc) is 2.89. The molecule has 0 bridgehead atoms. The lowest BCUT2D eigenvalue weighted by Gasteiger charge is -2.11. The highest BCUT2D eigenvalue weighted by atomic mass is 16.5. The Morgan fingerprint density at radius 2 is 1.95 bits per heavy atom. The van der Waals surface area contributed by atoms with Crippen molar-refractivity contribution in [3.8, 4) is 11.5 Å². The molecule has 0 unspecified atom stereocenters. The summed E-state index contributed by atoms with van der Waals surface area (Å²) < 4.78 is 12.7. The molecule has 3 rings (SSSR count). The quantitative estimate of drug-likeness (QED) is 0.748. The maximum atomic E-state index is 5.78. The molecule has 5 nitrogen and oxygen atoms in total. The van der Waals surface area contributed by atoms with Gasteiger partial charge in [-0.05, 0) is 30.3 Å². The molecule has 1 heterocycles. The van der Waals surface area contributed by atoms with Crippen LogP contribution in [-0.2, 0) is 6.54 Å². The third-order valence-corrected chi connectivity index (χ3v) is 3.48. The Kier molecular flexibility index (Phi) is 3.39. The highest BCUT2D eigenvalue weighted by Gasteiger charge is 2.08. The number of fused-ring (bicyclic) bond motifs is 1. The summed E-state index contributed by atoms with van der Waals surface area (Å²) in [4.78, 5) is 4.38. The van der Waals surface area contributed by atoms with Crippen LogP contribution in [0.5, 0.6) is 11.5 Å². The minimum absolute atomic E-state index is 0.674. The summed E-state index contributed by atoms with van der Waals surface area (Å²) in [5.41, 5.74) is 9.50. The Morgan fingerprint density at radius 3 is 2.71 bits per heavy atom. The van der Waals surface area contributed by atoms with E-state index in [0.717, 1.165) is 33.8 Å². The van der Waals surface area contributed by atoms with Crippen LogP contribution >= 0.6 is 0 Å². The summed E-state index contributed by atoms with van der Waals surface area (Å²) in [7, 11) is 3.30. The largest absolute Gasteiger partial charge is 0.497 e. The van der Waals surface area contributed by atoms with E-state index < -0.39 is 0 Å². The number of imidazole rings is 1. The summed E-state index contributed by atoms with van der Waals surface area (Å²) in [6, 6.07) is 11.5. The predicted molar refractivity (Wildman–Crippen MR) is 82.8 cm³/mol. The van der Waals surface area contributed by atoms with Crippen LogP contribution in [0.3, 0.4) is 0 Å². The average molecular weight is 283 g/mol. The second kappa shape index (κ2) is 5.36. The number of hydrogen-bond donors (Lipinski definition) is 1. The van der Waals surface area contributed by atoms with E-state index in [0.29, 0.717) is 6.54 Å².